The maximum absolute atomic E-state index is 12.3. The zero-order valence-electron chi connectivity index (χ0n) is 13.0. The molecule has 0 bridgehead atoms. The van der Waals surface area contributed by atoms with Gasteiger partial charge in [-0.15, -0.1) is 0 Å². The Kier molecular flexibility index (Phi) is 4.60. The topological polar surface area (TPSA) is 78.4 Å². The molecule has 4 atom stereocenters. The Morgan fingerprint density at radius 3 is 2.48 bits per heavy atom. The highest BCUT2D eigenvalue weighted by atomic mass is 35.5. The highest BCUT2D eigenvalue weighted by Crippen LogP contribution is 2.41. The van der Waals surface area contributed by atoms with E-state index in [-0.39, 0.29) is 29.7 Å². The molecular weight excluding hydrogens is 316 g/mol. The maximum Gasteiger partial charge on any atom is 0.245 e. The van der Waals surface area contributed by atoms with E-state index in [1.807, 2.05) is 24.3 Å². The van der Waals surface area contributed by atoms with Crippen LogP contribution in [0.15, 0.2) is 24.3 Å². The van der Waals surface area contributed by atoms with Gasteiger partial charge in [0.05, 0.1) is 6.10 Å². The first-order valence-electron chi connectivity index (χ1n) is 8.00. The summed E-state index contributed by atoms with van der Waals surface area (Å²) in [5.74, 6) is -0.191. The van der Waals surface area contributed by atoms with Gasteiger partial charge in [-0.25, -0.2) is 0 Å². The lowest BCUT2D eigenvalue weighted by Crippen LogP contribution is -2.53. The molecular formula is C17H21ClN2O3. The Morgan fingerprint density at radius 1 is 1.26 bits per heavy atom. The number of amides is 2. The first kappa shape index (κ1) is 16.3. The first-order chi connectivity index (χ1) is 11.0. The second kappa shape index (κ2) is 6.49. The van der Waals surface area contributed by atoms with Gasteiger partial charge >= 0.3 is 0 Å². The predicted octanol–water partition coefficient (Wildman–Crippen LogP) is 1.59. The van der Waals surface area contributed by atoms with E-state index in [0.29, 0.717) is 5.02 Å². The second-order valence-corrected chi connectivity index (χ2v) is 6.95. The number of nitrogens with one attached hydrogen (secondary N) is 2. The SMILES string of the molecule is CC(O)C(NC(=O)C1CC1)C(=O)NC1CC1c1ccc(Cl)cc1. The van der Waals surface area contributed by atoms with Gasteiger partial charge in [-0.05, 0) is 43.9 Å². The Balaban J connectivity index is 1.55. The van der Waals surface area contributed by atoms with Crippen LogP contribution in [0.1, 0.15) is 37.7 Å². The van der Waals surface area contributed by atoms with Crippen LogP contribution in [0.25, 0.3) is 0 Å². The van der Waals surface area contributed by atoms with Gasteiger partial charge in [0, 0.05) is 22.9 Å². The van der Waals surface area contributed by atoms with Crippen molar-refractivity contribution in [2.24, 2.45) is 5.92 Å². The number of hydrogen-bond acceptors (Lipinski definition) is 3. The molecule has 4 unspecified atom stereocenters. The fraction of sp³-hybridized carbons (Fsp3) is 0.529. The van der Waals surface area contributed by atoms with Gasteiger partial charge in [0.1, 0.15) is 6.04 Å². The molecule has 3 N–H and O–H groups in total. The molecule has 1 aromatic rings. The van der Waals surface area contributed by atoms with Crippen molar-refractivity contribution >= 4 is 23.4 Å². The van der Waals surface area contributed by atoms with Crippen molar-refractivity contribution in [3.8, 4) is 0 Å². The molecule has 5 nitrogen and oxygen atoms in total. The number of aliphatic hydroxyl groups excluding tert-OH is 1. The third-order valence-corrected chi connectivity index (χ3v) is 4.68. The Bertz CT molecular complexity index is 598. The fourth-order valence-electron chi connectivity index (χ4n) is 2.73. The molecule has 124 valence electrons. The summed E-state index contributed by atoms with van der Waals surface area (Å²) in [6, 6.07) is 6.74. The Labute approximate surface area is 140 Å². The molecule has 0 spiro atoms. The van der Waals surface area contributed by atoms with Crippen LogP contribution in [-0.4, -0.2) is 35.1 Å². The first-order valence-corrected chi connectivity index (χ1v) is 8.38. The van der Waals surface area contributed by atoms with Gasteiger partial charge < -0.3 is 15.7 Å². The molecule has 2 fully saturated rings. The number of hydrogen-bond donors (Lipinski definition) is 3. The maximum atomic E-state index is 12.3. The van der Waals surface area contributed by atoms with E-state index in [9.17, 15) is 14.7 Å². The predicted molar refractivity (Wildman–Crippen MR) is 87.1 cm³/mol. The molecule has 6 heteroatoms. The Hall–Kier alpha value is -1.59. The second-order valence-electron chi connectivity index (χ2n) is 6.51. The van der Waals surface area contributed by atoms with Crippen LogP contribution in [0.5, 0.6) is 0 Å². The molecule has 0 saturated heterocycles. The molecule has 2 aliphatic carbocycles. The van der Waals surface area contributed by atoms with Gasteiger partial charge in [0.25, 0.3) is 0 Å². The standard InChI is InChI=1S/C17H21ClN2O3/c1-9(21)15(20-16(22)11-2-3-11)17(23)19-14-8-13(14)10-4-6-12(18)7-5-10/h4-7,9,11,13-15,21H,2-3,8H2,1H3,(H,19,23)(H,20,22). The summed E-state index contributed by atoms with van der Waals surface area (Å²) in [6.45, 7) is 1.51. The van der Waals surface area contributed by atoms with Crippen LogP contribution >= 0.6 is 11.6 Å². The molecule has 1 aromatic carbocycles. The van der Waals surface area contributed by atoms with Gasteiger partial charge in [-0.3, -0.25) is 9.59 Å². The molecule has 0 radical (unpaired) electrons. The van der Waals surface area contributed by atoms with Crippen LogP contribution in [0.3, 0.4) is 0 Å². The summed E-state index contributed by atoms with van der Waals surface area (Å²) in [6.07, 6.45) is 1.66. The summed E-state index contributed by atoms with van der Waals surface area (Å²) in [5, 5.41) is 16.0. The van der Waals surface area contributed by atoms with Crippen molar-refractivity contribution in [3.05, 3.63) is 34.9 Å². The lowest BCUT2D eigenvalue weighted by molar-refractivity contribution is -0.132. The van der Waals surface area contributed by atoms with Crippen molar-refractivity contribution in [1.82, 2.24) is 10.6 Å². The van der Waals surface area contributed by atoms with Crippen LogP contribution in [0.4, 0.5) is 0 Å². The van der Waals surface area contributed by atoms with E-state index < -0.39 is 12.1 Å². The molecule has 0 heterocycles. The zero-order valence-corrected chi connectivity index (χ0v) is 13.7. The van der Waals surface area contributed by atoms with Gasteiger partial charge in [0.2, 0.25) is 11.8 Å². The van der Waals surface area contributed by atoms with Gasteiger partial charge in [-0.2, -0.15) is 0 Å². The van der Waals surface area contributed by atoms with E-state index in [1.54, 1.807) is 0 Å². The quantitative estimate of drug-likeness (QED) is 0.738. The van der Waals surface area contributed by atoms with Crippen molar-refractivity contribution < 1.29 is 14.7 Å². The van der Waals surface area contributed by atoms with Crippen molar-refractivity contribution in [2.45, 2.75) is 50.3 Å². The summed E-state index contributed by atoms with van der Waals surface area (Å²) < 4.78 is 0. The average molecular weight is 337 g/mol. The molecule has 23 heavy (non-hydrogen) atoms. The third-order valence-electron chi connectivity index (χ3n) is 4.43. The fourth-order valence-corrected chi connectivity index (χ4v) is 2.85. The van der Waals surface area contributed by atoms with Crippen molar-refractivity contribution in [1.29, 1.82) is 0 Å². The van der Waals surface area contributed by atoms with Crippen LogP contribution in [0, 0.1) is 5.92 Å². The average Bonchev–Trinajstić information content (AvgIpc) is 3.38. The van der Waals surface area contributed by atoms with Crippen molar-refractivity contribution in [3.63, 3.8) is 0 Å². The lowest BCUT2D eigenvalue weighted by Gasteiger charge is -2.21. The van der Waals surface area contributed by atoms with Gasteiger partial charge in [-0.1, -0.05) is 23.7 Å². The molecule has 2 saturated carbocycles. The number of carbonyl (C=O) groups excluding carboxylic acids is 2. The number of halogens is 1. The van der Waals surface area contributed by atoms with E-state index in [2.05, 4.69) is 10.6 Å². The monoisotopic (exact) mass is 336 g/mol. The molecule has 2 aliphatic rings. The van der Waals surface area contributed by atoms with Crippen LogP contribution in [-0.2, 0) is 9.59 Å². The Morgan fingerprint density at radius 2 is 1.91 bits per heavy atom. The number of carbonyl (C=O) groups is 2. The minimum Gasteiger partial charge on any atom is -0.391 e. The molecule has 2 amide bonds. The zero-order chi connectivity index (χ0) is 16.6. The van der Waals surface area contributed by atoms with Crippen LogP contribution in [0.2, 0.25) is 5.02 Å². The van der Waals surface area contributed by atoms with Crippen LogP contribution < -0.4 is 10.6 Å². The normalized spacial score (nSPS) is 25.3. The third kappa shape index (κ3) is 4.03. The molecule has 3 rings (SSSR count). The number of rotatable bonds is 6. The lowest BCUT2D eigenvalue weighted by atomic mass is 10.1. The summed E-state index contributed by atoms with van der Waals surface area (Å²) in [7, 11) is 0. The largest absolute Gasteiger partial charge is 0.391 e. The highest BCUT2D eigenvalue weighted by molar-refractivity contribution is 6.30. The van der Waals surface area contributed by atoms with E-state index in [4.69, 9.17) is 11.6 Å². The molecule has 0 aliphatic heterocycles. The molecule has 0 aromatic heterocycles. The van der Waals surface area contributed by atoms with E-state index in [1.165, 1.54) is 6.92 Å². The van der Waals surface area contributed by atoms with E-state index >= 15 is 0 Å². The van der Waals surface area contributed by atoms with Crippen molar-refractivity contribution in [2.75, 3.05) is 0 Å². The smallest absolute Gasteiger partial charge is 0.245 e. The number of benzene rings is 1. The number of aliphatic hydroxyl groups is 1. The summed E-state index contributed by atoms with van der Waals surface area (Å²) >= 11 is 5.88. The summed E-state index contributed by atoms with van der Waals surface area (Å²) in [4.78, 5) is 24.2. The minimum absolute atomic E-state index is 0.00629. The minimum atomic E-state index is -0.926. The highest BCUT2D eigenvalue weighted by Gasteiger charge is 2.42. The van der Waals surface area contributed by atoms with E-state index in [0.717, 1.165) is 24.8 Å². The van der Waals surface area contributed by atoms with Gasteiger partial charge in [0.15, 0.2) is 0 Å². The summed E-state index contributed by atoms with van der Waals surface area (Å²) in [5.41, 5.74) is 1.13.